The van der Waals surface area contributed by atoms with Gasteiger partial charge in [0.1, 0.15) is 11.6 Å². The Kier molecular flexibility index (Phi) is 5.90. The Labute approximate surface area is 180 Å². The highest BCUT2D eigenvalue weighted by atomic mass is 32.2. The first-order valence-electron chi connectivity index (χ1n) is 9.82. The number of carbonyl (C=O) groups excluding carboxylic acids is 1. The summed E-state index contributed by atoms with van der Waals surface area (Å²) >= 11 is 0. The standard InChI is InChI=1S/C23H21FN2O4S/c24-18-9-12-20(13-10-18)30-16-23(27)25-19-11-8-17-5-4-14-26(22(17)15-19)31(28,29)21-6-2-1-3-7-21/h1-3,6-13,15H,4-5,14,16H2,(H,25,27). The highest BCUT2D eigenvalue weighted by molar-refractivity contribution is 7.92. The number of hydrogen-bond acceptors (Lipinski definition) is 4. The molecule has 160 valence electrons. The zero-order valence-corrected chi connectivity index (χ0v) is 17.4. The Hall–Kier alpha value is -3.39. The second-order valence-corrected chi connectivity index (χ2v) is 8.99. The first kappa shape index (κ1) is 20.9. The molecule has 1 amide bonds. The molecule has 0 fully saturated rings. The van der Waals surface area contributed by atoms with Crippen molar-refractivity contribution in [1.29, 1.82) is 0 Å². The number of amides is 1. The number of halogens is 1. The van der Waals surface area contributed by atoms with Crippen LogP contribution in [0.2, 0.25) is 0 Å². The van der Waals surface area contributed by atoms with Crippen molar-refractivity contribution in [3.63, 3.8) is 0 Å². The van der Waals surface area contributed by atoms with Crippen LogP contribution in [0.25, 0.3) is 0 Å². The van der Waals surface area contributed by atoms with E-state index in [0.29, 0.717) is 23.7 Å². The number of benzene rings is 3. The van der Waals surface area contributed by atoms with Crippen LogP contribution in [0.15, 0.2) is 77.7 Å². The number of aryl methyl sites for hydroxylation is 1. The van der Waals surface area contributed by atoms with Crippen LogP contribution >= 0.6 is 0 Å². The molecule has 31 heavy (non-hydrogen) atoms. The summed E-state index contributed by atoms with van der Waals surface area (Å²) in [4.78, 5) is 12.5. The fourth-order valence-electron chi connectivity index (χ4n) is 3.46. The van der Waals surface area contributed by atoms with Crippen molar-refractivity contribution < 1.29 is 22.3 Å². The molecule has 0 radical (unpaired) electrons. The number of hydrogen-bond donors (Lipinski definition) is 1. The van der Waals surface area contributed by atoms with E-state index in [1.54, 1.807) is 42.5 Å². The normalized spacial score (nSPS) is 13.4. The quantitative estimate of drug-likeness (QED) is 0.629. The third kappa shape index (κ3) is 4.69. The third-order valence-corrected chi connectivity index (χ3v) is 6.79. The molecule has 0 saturated heterocycles. The van der Waals surface area contributed by atoms with E-state index < -0.39 is 15.9 Å². The van der Waals surface area contributed by atoms with E-state index in [1.807, 2.05) is 6.07 Å². The number of fused-ring (bicyclic) bond motifs is 1. The number of carbonyl (C=O) groups is 1. The summed E-state index contributed by atoms with van der Waals surface area (Å²) in [7, 11) is -3.71. The van der Waals surface area contributed by atoms with Gasteiger partial charge in [0.2, 0.25) is 0 Å². The van der Waals surface area contributed by atoms with Crippen LogP contribution < -0.4 is 14.4 Å². The number of ether oxygens (including phenoxy) is 1. The van der Waals surface area contributed by atoms with Gasteiger partial charge in [-0.15, -0.1) is 0 Å². The number of nitrogens with zero attached hydrogens (tertiary/aromatic N) is 1. The van der Waals surface area contributed by atoms with Crippen LogP contribution in [0.3, 0.4) is 0 Å². The van der Waals surface area contributed by atoms with Crippen molar-refractivity contribution in [2.75, 3.05) is 22.8 Å². The molecule has 0 aliphatic carbocycles. The lowest BCUT2D eigenvalue weighted by molar-refractivity contribution is -0.118. The summed E-state index contributed by atoms with van der Waals surface area (Å²) in [6, 6.07) is 18.9. The minimum atomic E-state index is -3.71. The molecule has 0 bridgehead atoms. The van der Waals surface area contributed by atoms with E-state index in [0.717, 1.165) is 18.4 Å². The average molecular weight is 440 g/mol. The maximum Gasteiger partial charge on any atom is 0.264 e. The Morgan fingerprint density at radius 3 is 2.52 bits per heavy atom. The number of nitrogens with one attached hydrogen (secondary N) is 1. The monoisotopic (exact) mass is 440 g/mol. The molecule has 3 aromatic carbocycles. The molecule has 0 saturated carbocycles. The highest BCUT2D eigenvalue weighted by Crippen LogP contribution is 2.34. The van der Waals surface area contributed by atoms with Crippen molar-refractivity contribution in [1.82, 2.24) is 0 Å². The van der Waals surface area contributed by atoms with Crippen molar-refractivity contribution >= 4 is 27.3 Å². The van der Waals surface area contributed by atoms with Crippen LogP contribution in [0.1, 0.15) is 12.0 Å². The molecule has 6 nitrogen and oxygen atoms in total. The maximum absolute atomic E-state index is 13.2. The lowest BCUT2D eigenvalue weighted by Crippen LogP contribution is -2.35. The Bertz CT molecular complexity index is 1180. The fraction of sp³-hybridized carbons (Fsp3) is 0.174. The summed E-state index contributed by atoms with van der Waals surface area (Å²) in [5.74, 6) is -0.416. The van der Waals surface area contributed by atoms with Gasteiger partial charge in [-0.2, -0.15) is 0 Å². The Balaban J connectivity index is 1.51. The SMILES string of the molecule is O=C(COc1ccc(F)cc1)Nc1ccc2c(c1)N(S(=O)(=O)c1ccccc1)CCC2. The molecule has 0 unspecified atom stereocenters. The molecule has 1 N–H and O–H groups in total. The number of sulfonamides is 1. The van der Waals surface area contributed by atoms with Crippen LogP contribution in [0.4, 0.5) is 15.8 Å². The topological polar surface area (TPSA) is 75.7 Å². The first-order valence-corrected chi connectivity index (χ1v) is 11.3. The fourth-order valence-corrected chi connectivity index (χ4v) is 5.02. The van der Waals surface area contributed by atoms with Gasteiger partial charge in [0, 0.05) is 12.2 Å². The van der Waals surface area contributed by atoms with Crippen molar-refractivity contribution in [2.24, 2.45) is 0 Å². The number of rotatable bonds is 6. The predicted molar refractivity (Wildman–Crippen MR) is 116 cm³/mol. The van der Waals surface area contributed by atoms with E-state index >= 15 is 0 Å². The zero-order chi connectivity index (χ0) is 21.8. The Morgan fingerprint density at radius 1 is 1.03 bits per heavy atom. The van der Waals surface area contributed by atoms with Gasteiger partial charge in [-0.25, -0.2) is 12.8 Å². The highest BCUT2D eigenvalue weighted by Gasteiger charge is 2.29. The van der Waals surface area contributed by atoms with Crippen LogP contribution in [0.5, 0.6) is 5.75 Å². The van der Waals surface area contributed by atoms with Gasteiger partial charge in [0.15, 0.2) is 6.61 Å². The van der Waals surface area contributed by atoms with Crippen LogP contribution in [-0.2, 0) is 21.2 Å². The third-order valence-electron chi connectivity index (χ3n) is 4.96. The molecular formula is C23H21FN2O4S. The summed E-state index contributed by atoms with van der Waals surface area (Å²) in [6.07, 6.45) is 1.48. The van der Waals surface area contributed by atoms with Gasteiger partial charge >= 0.3 is 0 Å². The summed E-state index contributed by atoms with van der Waals surface area (Å²) in [5.41, 5.74) is 1.94. The largest absolute Gasteiger partial charge is 0.484 e. The summed E-state index contributed by atoms with van der Waals surface area (Å²) in [6.45, 7) is 0.115. The predicted octanol–water partition coefficient (Wildman–Crippen LogP) is 3.98. The van der Waals surface area contributed by atoms with Gasteiger partial charge in [0.25, 0.3) is 15.9 Å². The van der Waals surface area contributed by atoms with Crippen LogP contribution in [-0.4, -0.2) is 27.5 Å². The van der Waals surface area contributed by atoms with Gasteiger partial charge in [0.05, 0.1) is 10.6 Å². The minimum Gasteiger partial charge on any atom is -0.484 e. The van der Waals surface area contributed by atoms with Gasteiger partial charge in [-0.1, -0.05) is 24.3 Å². The lowest BCUT2D eigenvalue weighted by Gasteiger charge is -2.31. The molecule has 4 rings (SSSR count). The van der Waals surface area contributed by atoms with Crippen molar-refractivity contribution in [3.05, 3.63) is 84.2 Å². The van der Waals surface area contributed by atoms with Crippen molar-refractivity contribution in [3.8, 4) is 5.75 Å². The first-order chi connectivity index (χ1) is 14.9. The molecule has 0 atom stereocenters. The molecule has 3 aromatic rings. The zero-order valence-electron chi connectivity index (χ0n) is 16.6. The maximum atomic E-state index is 13.2. The minimum absolute atomic E-state index is 0.227. The molecule has 1 aliphatic heterocycles. The summed E-state index contributed by atoms with van der Waals surface area (Å²) < 4.78 is 46.0. The van der Waals surface area contributed by atoms with Gasteiger partial charge in [-0.05, 0) is 66.9 Å². The van der Waals surface area contributed by atoms with Crippen molar-refractivity contribution in [2.45, 2.75) is 17.7 Å². The smallest absolute Gasteiger partial charge is 0.264 e. The second-order valence-electron chi connectivity index (χ2n) is 7.13. The average Bonchev–Trinajstić information content (AvgIpc) is 2.79. The molecule has 1 aliphatic rings. The molecular weight excluding hydrogens is 419 g/mol. The van der Waals surface area contributed by atoms with E-state index in [9.17, 15) is 17.6 Å². The summed E-state index contributed by atoms with van der Waals surface area (Å²) in [5, 5.41) is 2.73. The van der Waals surface area contributed by atoms with E-state index in [4.69, 9.17) is 4.74 Å². The lowest BCUT2D eigenvalue weighted by atomic mass is 10.0. The van der Waals surface area contributed by atoms with E-state index in [-0.39, 0.29) is 17.3 Å². The van der Waals surface area contributed by atoms with E-state index in [2.05, 4.69) is 5.32 Å². The van der Waals surface area contributed by atoms with Gasteiger partial charge in [-0.3, -0.25) is 9.10 Å². The van der Waals surface area contributed by atoms with Gasteiger partial charge < -0.3 is 10.1 Å². The van der Waals surface area contributed by atoms with Crippen LogP contribution in [0, 0.1) is 5.82 Å². The number of anilines is 2. The molecule has 1 heterocycles. The molecule has 0 spiro atoms. The Morgan fingerprint density at radius 2 is 1.77 bits per heavy atom. The molecule has 8 heteroatoms. The van der Waals surface area contributed by atoms with E-state index in [1.165, 1.54) is 28.6 Å². The second kappa shape index (κ2) is 8.77. The molecule has 0 aromatic heterocycles.